The van der Waals surface area contributed by atoms with Gasteiger partial charge in [0.1, 0.15) is 0 Å². The molecule has 0 N–H and O–H groups in total. The molecule has 0 fully saturated rings. The molecule has 2 nitrogen and oxygen atoms in total. The Morgan fingerprint density at radius 2 is 1.87 bits per heavy atom. The molecule has 0 saturated heterocycles. The first-order valence-corrected chi connectivity index (χ1v) is 12.1. The summed E-state index contributed by atoms with van der Waals surface area (Å²) in [5.74, 6) is 0.303. The second-order valence-corrected chi connectivity index (χ2v) is 13.1. The minimum Gasteiger partial charge on any atom is -0.411 e. The van der Waals surface area contributed by atoms with Crippen LogP contribution in [-0.2, 0) is 9.22 Å². The zero-order chi connectivity index (χ0) is 17.7. The normalized spacial score (nSPS) is 18.3. The molecule has 1 atom stereocenters. The third-order valence-electron chi connectivity index (χ3n) is 5.38. The van der Waals surface area contributed by atoms with Gasteiger partial charge in [0.2, 0.25) is 0 Å². The Hall–Kier alpha value is -0.673. The molecule has 1 unspecified atom stereocenters. The van der Waals surface area contributed by atoms with Gasteiger partial charge in [-0.2, -0.15) is 0 Å². The van der Waals surface area contributed by atoms with E-state index in [1.807, 2.05) is 6.92 Å². The fourth-order valence-electron chi connectivity index (χ4n) is 2.58. The first-order valence-electron chi connectivity index (χ1n) is 9.17. The van der Waals surface area contributed by atoms with Gasteiger partial charge in [0.05, 0.1) is 6.10 Å². The molecule has 1 rings (SSSR count). The molecular formula is C20H36O2Si. The van der Waals surface area contributed by atoms with Crippen LogP contribution < -0.4 is 0 Å². The summed E-state index contributed by atoms with van der Waals surface area (Å²) in [5.41, 5.74) is 2.15. The van der Waals surface area contributed by atoms with Crippen LogP contribution >= 0.6 is 0 Å². The van der Waals surface area contributed by atoms with Crippen LogP contribution in [0.15, 0.2) is 23.3 Å². The van der Waals surface area contributed by atoms with Crippen LogP contribution in [0.5, 0.6) is 0 Å². The Balaban J connectivity index is 2.82. The van der Waals surface area contributed by atoms with Gasteiger partial charge >= 0.3 is 0 Å². The second-order valence-electron chi connectivity index (χ2n) is 8.34. The third-order valence-corrected chi connectivity index (χ3v) is 9.88. The Morgan fingerprint density at radius 1 is 1.22 bits per heavy atom. The van der Waals surface area contributed by atoms with E-state index >= 15 is 0 Å². The van der Waals surface area contributed by atoms with Gasteiger partial charge in [-0.1, -0.05) is 59.1 Å². The first-order chi connectivity index (χ1) is 10.6. The van der Waals surface area contributed by atoms with Crippen LogP contribution in [-0.4, -0.2) is 20.2 Å². The van der Waals surface area contributed by atoms with Crippen molar-refractivity contribution in [2.45, 2.75) is 97.4 Å². The molecule has 1 aliphatic carbocycles. The quantitative estimate of drug-likeness (QED) is 0.390. The maximum absolute atomic E-state index is 11.7. The fourth-order valence-corrected chi connectivity index (χ4v) is 3.89. The maximum Gasteiger partial charge on any atom is 0.192 e. The summed E-state index contributed by atoms with van der Waals surface area (Å²) in [6.07, 6.45) is 10.9. The van der Waals surface area contributed by atoms with Gasteiger partial charge in [0, 0.05) is 6.42 Å². The number of hydrogen-bond donors (Lipinski definition) is 0. The molecule has 3 heteroatoms. The molecule has 0 radical (unpaired) electrons. The lowest BCUT2D eigenvalue weighted by Gasteiger charge is -2.38. The Bertz CT molecular complexity index is 467. The van der Waals surface area contributed by atoms with E-state index in [0.29, 0.717) is 12.2 Å². The number of rotatable bonds is 8. The summed E-state index contributed by atoms with van der Waals surface area (Å²) in [6, 6.07) is 0. The van der Waals surface area contributed by atoms with E-state index in [0.717, 1.165) is 18.4 Å². The van der Waals surface area contributed by atoms with Crippen molar-refractivity contribution in [1.82, 2.24) is 0 Å². The molecule has 0 amide bonds. The molecule has 0 heterocycles. The van der Waals surface area contributed by atoms with Gasteiger partial charge in [-0.25, -0.2) is 0 Å². The smallest absolute Gasteiger partial charge is 0.192 e. The Kier molecular flexibility index (Phi) is 7.47. The van der Waals surface area contributed by atoms with Crippen molar-refractivity contribution < 1.29 is 9.22 Å². The molecule has 0 spiro atoms. The molecule has 0 bridgehead atoms. The van der Waals surface area contributed by atoms with Crippen molar-refractivity contribution in [3.63, 3.8) is 0 Å². The van der Waals surface area contributed by atoms with E-state index in [1.165, 1.54) is 24.8 Å². The van der Waals surface area contributed by atoms with E-state index < -0.39 is 8.32 Å². The summed E-state index contributed by atoms with van der Waals surface area (Å²) in [5, 5.41) is 0.225. The third kappa shape index (κ3) is 6.04. The zero-order valence-electron chi connectivity index (χ0n) is 16.3. The minimum atomic E-state index is -1.77. The van der Waals surface area contributed by atoms with Crippen molar-refractivity contribution >= 4 is 14.1 Å². The van der Waals surface area contributed by atoms with E-state index in [4.69, 9.17) is 4.43 Å². The van der Waals surface area contributed by atoms with E-state index in [9.17, 15) is 4.79 Å². The van der Waals surface area contributed by atoms with Gasteiger partial charge in [0.25, 0.3) is 0 Å². The fraction of sp³-hybridized carbons (Fsp3) is 0.750. The predicted octanol–water partition coefficient (Wildman–Crippen LogP) is 6.19. The molecule has 1 aliphatic rings. The average Bonchev–Trinajstić information content (AvgIpc) is 2.75. The maximum atomic E-state index is 11.7. The van der Waals surface area contributed by atoms with Crippen LogP contribution in [0.3, 0.4) is 0 Å². The number of carbonyl (C=O) groups excluding carboxylic acids is 1. The van der Waals surface area contributed by atoms with Crippen molar-refractivity contribution in [1.29, 1.82) is 0 Å². The highest BCUT2D eigenvalue weighted by Gasteiger charge is 2.38. The van der Waals surface area contributed by atoms with Gasteiger partial charge in [0.15, 0.2) is 14.1 Å². The number of allylic oxidation sites excluding steroid dienone is 3. The average molecular weight is 337 g/mol. The van der Waals surface area contributed by atoms with Crippen molar-refractivity contribution in [2.24, 2.45) is 0 Å². The summed E-state index contributed by atoms with van der Waals surface area (Å²) in [7, 11) is -1.77. The Morgan fingerprint density at radius 3 is 2.35 bits per heavy atom. The number of ketones is 1. The highest BCUT2D eigenvalue weighted by Crippen LogP contribution is 2.38. The standard InChI is InChI=1S/C20H36O2Si/c1-8-9-10-11-18(22-23(6,7)20(3,4)5)14-12-17-13-15-19(21)16(17)2/h12,14,18H,8-11,13,15H2,1-7H3/b14-12+. The van der Waals surface area contributed by atoms with Crippen LogP contribution in [0.1, 0.15) is 73.1 Å². The van der Waals surface area contributed by atoms with Crippen molar-refractivity contribution in [3.05, 3.63) is 23.3 Å². The number of carbonyl (C=O) groups is 1. The van der Waals surface area contributed by atoms with Crippen molar-refractivity contribution in [3.8, 4) is 0 Å². The molecule has 0 aromatic carbocycles. The molecule has 0 saturated carbocycles. The van der Waals surface area contributed by atoms with Crippen LogP contribution in [0.2, 0.25) is 18.1 Å². The predicted molar refractivity (Wildman–Crippen MR) is 102 cm³/mol. The Labute approximate surface area is 144 Å². The monoisotopic (exact) mass is 336 g/mol. The molecular weight excluding hydrogens is 300 g/mol. The molecule has 0 aromatic rings. The molecule has 132 valence electrons. The van der Waals surface area contributed by atoms with E-state index in [-0.39, 0.29) is 11.1 Å². The SMILES string of the molecule is CCCCCC(/C=C/C1=C(C)C(=O)CC1)O[Si](C)(C)C(C)(C)C. The molecule has 23 heavy (non-hydrogen) atoms. The summed E-state index contributed by atoms with van der Waals surface area (Å²) >= 11 is 0. The highest BCUT2D eigenvalue weighted by atomic mass is 28.4. The summed E-state index contributed by atoms with van der Waals surface area (Å²) in [4.78, 5) is 11.7. The summed E-state index contributed by atoms with van der Waals surface area (Å²) in [6.45, 7) is 15.7. The minimum absolute atomic E-state index is 0.179. The topological polar surface area (TPSA) is 26.3 Å². The van der Waals surface area contributed by atoms with Crippen LogP contribution in [0, 0.1) is 0 Å². The van der Waals surface area contributed by atoms with E-state index in [1.54, 1.807) is 0 Å². The molecule has 0 aliphatic heterocycles. The van der Waals surface area contributed by atoms with Crippen LogP contribution in [0.4, 0.5) is 0 Å². The zero-order valence-corrected chi connectivity index (χ0v) is 17.3. The highest BCUT2D eigenvalue weighted by molar-refractivity contribution is 6.74. The summed E-state index contributed by atoms with van der Waals surface area (Å²) < 4.78 is 6.62. The lowest BCUT2D eigenvalue weighted by atomic mass is 10.1. The van der Waals surface area contributed by atoms with Gasteiger partial charge in [-0.15, -0.1) is 0 Å². The van der Waals surface area contributed by atoms with Gasteiger partial charge in [-0.05, 0) is 49.0 Å². The number of Topliss-reactive ketones (excluding diaryl/α,β-unsaturated/α-hetero) is 1. The second kappa shape index (κ2) is 8.43. The largest absolute Gasteiger partial charge is 0.411 e. The van der Waals surface area contributed by atoms with Gasteiger partial charge in [-0.3, -0.25) is 4.79 Å². The first kappa shape index (κ1) is 20.4. The van der Waals surface area contributed by atoms with E-state index in [2.05, 4.69) is 52.9 Å². The lowest BCUT2D eigenvalue weighted by Crippen LogP contribution is -2.43. The van der Waals surface area contributed by atoms with Crippen molar-refractivity contribution in [2.75, 3.05) is 0 Å². The lowest BCUT2D eigenvalue weighted by molar-refractivity contribution is -0.114. The number of hydrogen-bond acceptors (Lipinski definition) is 2. The van der Waals surface area contributed by atoms with Gasteiger partial charge < -0.3 is 4.43 Å². The number of unbranched alkanes of at least 4 members (excludes halogenated alkanes) is 2. The molecule has 0 aromatic heterocycles. The van der Waals surface area contributed by atoms with Crippen LogP contribution in [0.25, 0.3) is 0 Å².